The van der Waals surface area contributed by atoms with Gasteiger partial charge in [-0.2, -0.15) is 4.98 Å². The number of benzene rings is 3. The molecule has 0 aliphatic rings. The summed E-state index contributed by atoms with van der Waals surface area (Å²) in [6.45, 7) is 6.25. The number of Topliss-reactive ketones (excluding diaryl/α,β-unsaturated/α-hetero) is 1. The number of carboxylic acids is 1. The van der Waals surface area contributed by atoms with Crippen LogP contribution in [0.3, 0.4) is 0 Å². The van der Waals surface area contributed by atoms with Crippen LogP contribution in [0.5, 0.6) is 11.5 Å². The molecule has 3 N–H and O–H groups in total. The molecular formula is C35H38N4O10. The van der Waals surface area contributed by atoms with Crippen LogP contribution in [0, 0.1) is 12.8 Å². The summed E-state index contributed by atoms with van der Waals surface area (Å²) in [6.07, 6.45) is -0.968. The molecule has 1 heterocycles. The lowest BCUT2D eigenvalue weighted by Crippen LogP contribution is -2.54. The second-order valence-corrected chi connectivity index (χ2v) is 11.4. The largest absolute Gasteiger partial charge is 0.496 e. The van der Waals surface area contributed by atoms with Crippen LogP contribution in [0.2, 0.25) is 0 Å². The Morgan fingerprint density at radius 3 is 2.37 bits per heavy atom. The molecule has 0 saturated carbocycles. The Kier molecular flexibility index (Phi) is 12.0. The van der Waals surface area contributed by atoms with Gasteiger partial charge in [0.25, 0.3) is 5.89 Å². The highest BCUT2D eigenvalue weighted by Crippen LogP contribution is 2.29. The standard InChI is InChI=1S/C35H38N4O10/c1-6-47-28-14-11-21-9-7-8-10-24(21)31(28)35(45)48-18-26(40)25(17-30(42)43)37-33(44)32(19(2)3)38-29(41)16-23-15-22(12-13-27(23)46-5)34-36-20(4)39-49-34/h7-15,19,25,32H,6,16-18H2,1-5H3,(H,37,44)(H,38,41)(H,42,43)/t25-,32-/m0/s1. The highest BCUT2D eigenvalue weighted by atomic mass is 16.5. The van der Waals surface area contributed by atoms with Crippen LogP contribution >= 0.6 is 0 Å². The Morgan fingerprint density at radius 1 is 0.980 bits per heavy atom. The Morgan fingerprint density at radius 2 is 1.71 bits per heavy atom. The lowest BCUT2D eigenvalue weighted by Gasteiger charge is -2.25. The van der Waals surface area contributed by atoms with Gasteiger partial charge in [-0.05, 0) is 54.8 Å². The van der Waals surface area contributed by atoms with Crippen molar-refractivity contribution in [2.24, 2.45) is 5.92 Å². The molecule has 0 spiro atoms. The van der Waals surface area contributed by atoms with Gasteiger partial charge in [0.15, 0.2) is 18.2 Å². The van der Waals surface area contributed by atoms with Crippen LogP contribution in [0.4, 0.5) is 0 Å². The molecule has 0 unspecified atom stereocenters. The number of aryl methyl sites for hydroxylation is 1. The van der Waals surface area contributed by atoms with E-state index in [1.807, 2.05) is 0 Å². The first-order chi connectivity index (χ1) is 23.4. The number of hydrogen-bond donors (Lipinski definition) is 3. The molecule has 0 aliphatic heterocycles. The number of rotatable bonds is 16. The van der Waals surface area contributed by atoms with E-state index in [1.54, 1.807) is 82.3 Å². The number of ketones is 1. The molecule has 0 radical (unpaired) electrons. The van der Waals surface area contributed by atoms with Crippen LogP contribution < -0.4 is 20.1 Å². The lowest BCUT2D eigenvalue weighted by atomic mass is 10.0. The van der Waals surface area contributed by atoms with Gasteiger partial charge in [0.05, 0.1) is 26.6 Å². The number of carboxylic acid groups (broad SMARTS) is 1. The number of aromatic nitrogens is 2. The van der Waals surface area contributed by atoms with Gasteiger partial charge in [-0.3, -0.25) is 19.2 Å². The number of amides is 2. The summed E-state index contributed by atoms with van der Waals surface area (Å²) in [5.41, 5.74) is 1.16. The molecule has 0 fully saturated rings. The summed E-state index contributed by atoms with van der Waals surface area (Å²) < 4.78 is 21.6. The van der Waals surface area contributed by atoms with Crippen molar-refractivity contribution in [3.63, 3.8) is 0 Å². The zero-order valence-corrected chi connectivity index (χ0v) is 27.8. The van der Waals surface area contributed by atoms with Crippen molar-refractivity contribution in [1.82, 2.24) is 20.8 Å². The highest BCUT2D eigenvalue weighted by Gasteiger charge is 2.31. The van der Waals surface area contributed by atoms with Gasteiger partial charge in [0, 0.05) is 11.1 Å². The molecule has 1 aromatic heterocycles. The second kappa shape index (κ2) is 16.4. The zero-order valence-electron chi connectivity index (χ0n) is 27.8. The van der Waals surface area contributed by atoms with Crippen molar-refractivity contribution >= 4 is 40.3 Å². The average molecular weight is 675 g/mol. The number of carbonyl (C=O) groups excluding carboxylic acids is 4. The third kappa shape index (κ3) is 9.18. The summed E-state index contributed by atoms with van der Waals surface area (Å²) in [5.74, 6) is -3.49. The third-order valence-corrected chi connectivity index (χ3v) is 7.50. The van der Waals surface area contributed by atoms with E-state index in [9.17, 15) is 29.1 Å². The van der Waals surface area contributed by atoms with Crippen LogP contribution in [-0.4, -0.2) is 77.2 Å². The Hall–Kier alpha value is -5.79. The fourth-order valence-corrected chi connectivity index (χ4v) is 5.13. The van der Waals surface area contributed by atoms with Crippen LogP contribution in [0.1, 0.15) is 48.9 Å². The van der Waals surface area contributed by atoms with E-state index < -0.39 is 60.6 Å². The van der Waals surface area contributed by atoms with Gasteiger partial charge in [-0.15, -0.1) is 0 Å². The number of hydrogen-bond acceptors (Lipinski definition) is 11. The van der Waals surface area contributed by atoms with Crippen molar-refractivity contribution in [2.45, 2.75) is 52.6 Å². The first-order valence-electron chi connectivity index (χ1n) is 15.5. The zero-order chi connectivity index (χ0) is 35.7. The quantitative estimate of drug-likeness (QED) is 0.146. The first-order valence-corrected chi connectivity index (χ1v) is 15.5. The van der Waals surface area contributed by atoms with E-state index >= 15 is 0 Å². The van der Waals surface area contributed by atoms with Crippen molar-refractivity contribution < 1.29 is 47.8 Å². The predicted molar refractivity (Wildman–Crippen MR) is 176 cm³/mol. The van der Waals surface area contributed by atoms with Crippen molar-refractivity contribution in [1.29, 1.82) is 0 Å². The van der Waals surface area contributed by atoms with Gasteiger partial charge < -0.3 is 34.5 Å². The van der Waals surface area contributed by atoms with E-state index in [1.165, 1.54) is 7.11 Å². The minimum atomic E-state index is -1.55. The van der Waals surface area contributed by atoms with Crippen molar-refractivity contribution in [3.05, 3.63) is 71.5 Å². The van der Waals surface area contributed by atoms with Crippen LogP contribution in [0.25, 0.3) is 22.2 Å². The maximum Gasteiger partial charge on any atom is 0.343 e. The summed E-state index contributed by atoms with van der Waals surface area (Å²) in [6, 6.07) is 12.8. The summed E-state index contributed by atoms with van der Waals surface area (Å²) in [5, 5.41) is 19.7. The first kappa shape index (κ1) is 36.1. The predicted octanol–water partition coefficient (Wildman–Crippen LogP) is 3.67. The number of esters is 1. The molecule has 0 bridgehead atoms. The molecule has 2 atom stereocenters. The summed E-state index contributed by atoms with van der Waals surface area (Å²) in [7, 11) is 1.45. The Balaban J connectivity index is 1.45. The number of nitrogens with zero attached hydrogens (tertiary/aromatic N) is 2. The molecule has 14 nitrogen and oxygen atoms in total. The van der Waals surface area contributed by atoms with E-state index in [2.05, 4.69) is 20.8 Å². The molecule has 49 heavy (non-hydrogen) atoms. The fraction of sp³-hybridized carbons (Fsp3) is 0.343. The van der Waals surface area contributed by atoms with Gasteiger partial charge >= 0.3 is 11.9 Å². The van der Waals surface area contributed by atoms with E-state index in [4.69, 9.17) is 18.7 Å². The maximum absolute atomic E-state index is 13.4. The van der Waals surface area contributed by atoms with Gasteiger partial charge in [-0.1, -0.05) is 49.3 Å². The Labute approximate surface area is 282 Å². The minimum absolute atomic E-state index is 0.114. The van der Waals surface area contributed by atoms with Crippen molar-refractivity contribution in [3.8, 4) is 23.0 Å². The molecule has 2 amide bonds. The molecule has 4 rings (SSSR count). The maximum atomic E-state index is 13.4. The van der Waals surface area contributed by atoms with Gasteiger partial charge in [-0.25, -0.2) is 4.79 Å². The monoisotopic (exact) mass is 674 g/mol. The number of carbonyl (C=O) groups is 5. The minimum Gasteiger partial charge on any atom is -0.496 e. The molecule has 14 heteroatoms. The molecule has 4 aromatic rings. The SMILES string of the molecule is CCOc1ccc2ccccc2c1C(=O)OCC(=O)[C@H](CC(=O)O)NC(=O)[C@@H](NC(=O)Cc1cc(-c2nc(C)no2)ccc1OC)C(C)C. The van der Waals surface area contributed by atoms with E-state index in [0.29, 0.717) is 28.1 Å². The molecule has 0 saturated heterocycles. The van der Waals surface area contributed by atoms with Crippen LogP contribution in [-0.2, 0) is 30.3 Å². The van der Waals surface area contributed by atoms with Gasteiger partial charge in [0.2, 0.25) is 11.8 Å². The smallest absolute Gasteiger partial charge is 0.343 e. The van der Waals surface area contributed by atoms with Crippen molar-refractivity contribution in [2.75, 3.05) is 20.3 Å². The molecule has 3 aromatic carbocycles. The van der Waals surface area contributed by atoms with Crippen LogP contribution in [0.15, 0.2) is 59.1 Å². The average Bonchev–Trinajstić information content (AvgIpc) is 3.51. The lowest BCUT2D eigenvalue weighted by molar-refractivity contribution is -0.141. The highest BCUT2D eigenvalue weighted by molar-refractivity contribution is 6.08. The molecule has 0 aliphatic carbocycles. The molecule has 258 valence electrons. The third-order valence-electron chi connectivity index (χ3n) is 7.50. The second-order valence-electron chi connectivity index (χ2n) is 11.4. The fourth-order valence-electron chi connectivity index (χ4n) is 5.13. The number of fused-ring (bicyclic) bond motifs is 1. The topological polar surface area (TPSA) is 196 Å². The van der Waals surface area contributed by atoms with E-state index in [0.717, 1.165) is 5.39 Å². The number of ether oxygens (including phenoxy) is 3. The summed E-state index contributed by atoms with van der Waals surface area (Å²) in [4.78, 5) is 68.9. The van der Waals surface area contributed by atoms with Gasteiger partial charge in [0.1, 0.15) is 29.1 Å². The summed E-state index contributed by atoms with van der Waals surface area (Å²) >= 11 is 0. The molecular weight excluding hydrogens is 636 g/mol. The normalized spacial score (nSPS) is 12.2. The Bertz CT molecular complexity index is 1850. The number of nitrogens with one attached hydrogen (secondary N) is 2. The number of methoxy groups -OCH3 is 1. The number of aliphatic carboxylic acids is 1. The van der Waals surface area contributed by atoms with E-state index in [-0.39, 0.29) is 30.2 Å².